The van der Waals surface area contributed by atoms with E-state index in [0.29, 0.717) is 12.1 Å². The average Bonchev–Trinajstić information content (AvgIpc) is 2.92. The lowest BCUT2D eigenvalue weighted by molar-refractivity contribution is 0.100. The van der Waals surface area contributed by atoms with Gasteiger partial charge in [0.2, 0.25) is 5.96 Å². The maximum absolute atomic E-state index is 13.5. The number of benzene rings is 3. The summed E-state index contributed by atoms with van der Waals surface area (Å²) in [6.07, 6.45) is 6.92. The van der Waals surface area contributed by atoms with Gasteiger partial charge < -0.3 is 11.1 Å². The number of anilines is 2. The topological polar surface area (TPSA) is 124 Å². The monoisotopic (exact) mass is 508 g/mol. The number of nitrogens with zero attached hydrogens (tertiary/aromatic N) is 3. The summed E-state index contributed by atoms with van der Waals surface area (Å²) in [5, 5.41) is 5.99. The predicted molar refractivity (Wildman–Crippen MR) is 152 cm³/mol. The highest BCUT2D eigenvalue weighted by Crippen LogP contribution is 2.29. The van der Waals surface area contributed by atoms with Gasteiger partial charge in [-0.1, -0.05) is 36.4 Å². The molecule has 38 heavy (non-hydrogen) atoms. The molecule has 3 aromatic rings. The number of rotatable bonds is 6. The Balaban J connectivity index is 1.60. The molecule has 8 nitrogen and oxygen atoms in total. The number of aryl methyl sites for hydroxylation is 2. The molecule has 0 spiro atoms. The summed E-state index contributed by atoms with van der Waals surface area (Å²) < 4.78 is 0. The van der Waals surface area contributed by atoms with Crippen molar-refractivity contribution < 1.29 is 9.59 Å². The van der Waals surface area contributed by atoms with Gasteiger partial charge in [0.05, 0.1) is 6.54 Å². The Kier molecular flexibility index (Phi) is 8.43. The summed E-state index contributed by atoms with van der Waals surface area (Å²) in [6, 6.07) is 20.6. The largest absolute Gasteiger partial charge is 0.366 e. The van der Waals surface area contributed by atoms with Gasteiger partial charge in [-0.2, -0.15) is 4.99 Å². The summed E-state index contributed by atoms with van der Waals surface area (Å²) in [7, 11) is 0. The van der Waals surface area contributed by atoms with Crippen LogP contribution in [0, 0.1) is 19.4 Å². The van der Waals surface area contributed by atoms with Crippen LogP contribution in [-0.4, -0.2) is 17.9 Å². The Labute approximate surface area is 222 Å². The highest BCUT2D eigenvalue weighted by atomic mass is 16.2. The third-order valence-electron chi connectivity index (χ3n) is 6.43. The number of aliphatic imine (C=N–C) groups is 1. The highest BCUT2D eigenvalue weighted by molar-refractivity contribution is 6.03. The zero-order valence-electron chi connectivity index (χ0n) is 21.7. The van der Waals surface area contributed by atoms with Crippen molar-refractivity contribution in [2.24, 2.45) is 15.8 Å². The van der Waals surface area contributed by atoms with Crippen LogP contribution in [0.15, 0.2) is 82.9 Å². The van der Waals surface area contributed by atoms with Crippen molar-refractivity contribution in [3.8, 4) is 0 Å². The van der Waals surface area contributed by atoms with E-state index in [9.17, 15) is 9.59 Å². The van der Waals surface area contributed by atoms with Gasteiger partial charge in [-0.15, -0.1) is 5.11 Å². The molecule has 0 atom stereocenters. The van der Waals surface area contributed by atoms with E-state index in [2.05, 4.69) is 39.7 Å². The third kappa shape index (κ3) is 6.79. The molecule has 0 heterocycles. The standard InChI is InChI=1S/C30H32N6O2/c1-20-16-21(2)18-26(17-20)33-30(38)36(27-14-12-24(13-15-27)23-6-4-3-5-7-23)19-22-8-10-25(11-9-22)28(37)34-29(31)35-32/h6,8-18,32H,3-5,7,19H2,1-2H3,(H,33,38)(H2,31,34,37). The van der Waals surface area contributed by atoms with Crippen LogP contribution in [0.4, 0.5) is 16.2 Å². The van der Waals surface area contributed by atoms with E-state index in [1.807, 2.05) is 38.1 Å². The molecule has 0 radical (unpaired) electrons. The molecule has 194 valence electrons. The molecule has 8 heteroatoms. The van der Waals surface area contributed by atoms with E-state index < -0.39 is 11.9 Å². The summed E-state index contributed by atoms with van der Waals surface area (Å²) in [5.41, 5.74) is 19.5. The second kappa shape index (κ2) is 12.1. The molecule has 0 fully saturated rings. The summed E-state index contributed by atoms with van der Waals surface area (Å²) >= 11 is 0. The van der Waals surface area contributed by atoms with Gasteiger partial charge >= 0.3 is 6.03 Å². The van der Waals surface area contributed by atoms with Gasteiger partial charge in [0.1, 0.15) is 0 Å². The first-order chi connectivity index (χ1) is 18.3. The van der Waals surface area contributed by atoms with Crippen LogP contribution in [0.1, 0.15) is 58.3 Å². The second-order valence-corrected chi connectivity index (χ2v) is 9.50. The van der Waals surface area contributed by atoms with E-state index in [0.717, 1.165) is 40.9 Å². The smallest absolute Gasteiger partial charge is 0.326 e. The molecular formula is C30H32N6O2. The Morgan fingerprint density at radius 3 is 2.26 bits per heavy atom. The van der Waals surface area contributed by atoms with Crippen molar-refractivity contribution in [1.82, 2.24) is 0 Å². The van der Waals surface area contributed by atoms with Crippen LogP contribution in [0.3, 0.4) is 0 Å². The third-order valence-corrected chi connectivity index (χ3v) is 6.43. The van der Waals surface area contributed by atoms with Crippen molar-refractivity contribution in [3.05, 3.63) is 101 Å². The lowest BCUT2D eigenvalue weighted by Crippen LogP contribution is -2.34. The fourth-order valence-electron chi connectivity index (χ4n) is 4.60. The number of hydrogen-bond acceptors (Lipinski definition) is 3. The van der Waals surface area contributed by atoms with Crippen molar-refractivity contribution in [2.75, 3.05) is 10.2 Å². The number of guanidine groups is 1. The fourth-order valence-corrected chi connectivity index (χ4v) is 4.60. The van der Waals surface area contributed by atoms with Crippen LogP contribution in [0.5, 0.6) is 0 Å². The molecule has 4 N–H and O–H groups in total. The van der Waals surface area contributed by atoms with Crippen LogP contribution >= 0.6 is 0 Å². The molecule has 0 unspecified atom stereocenters. The van der Waals surface area contributed by atoms with Crippen LogP contribution < -0.4 is 16.0 Å². The Morgan fingerprint density at radius 2 is 1.66 bits per heavy atom. The first-order valence-corrected chi connectivity index (χ1v) is 12.6. The zero-order valence-corrected chi connectivity index (χ0v) is 21.7. The lowest BCUT2D eigenvalue weighted by atomic mass is 9.93. The van der Waals surface area contributed by atoms with Crippen molar-refractivity contribution in [2.45, 2.75) is 46.1 Å². The maximum atomic E-state index is 13.5. The Bertz CT molecular complexity index is 1370. The number of amides is 3. The molecule has 0 aromatic heterocycles. The molecule has 0 saturated carbocycles. The second-order valence-electron chi connectivity index (χ2n) is 9.50. The van der Waals surface area contributed by atoms with Gasteiger partial charge in [-0.25, -0.2) is 10.3 Å². The molecule has 3 aromatic carbocycles. The first-order valence-electron chi connectivity index (χ1n) is 12.6. The van der Waals surface area contributed by atoms with Crippen LogP contribution in [0.2, 0.25) is 0 Å². The molecule has 4 rings (SSSR count). The molecule has 0 saturated heterocycles. The number of hydrogen-bond donors (Lipinski definition) is 3. The Hall–Kier alpha value is -4.59. The fraction of sp³-hybridized carbons (Fsp3) is 0.233. The summed E-state index contributed by atoms with van der Waals surface area (Å²) in [4.78, 5) is 31.0. The average molecular weight is 509 g/mol. The molecule has 3 amide bonds. The van der Waals surface area contributed by atoms with Crippen molar-refractivity contribution in [3.63, 3.8) is 0 Å². The van der Waals surface area contributed by atoms with Gasteiger partial charge in [0.15, 0.2) is 0 Å². The number of carbonyl (C=O) groups excluding carboxylic acids is 2. The molecule has 1 aliphatic carbocycles. The summed E-state index contributed by atoms with van der Waals surface area (Å²) in [6.45, 7) is 4.29. The van der Waals surface area contributed by atoms with E-state index in [1.165, 1.54) is 24.0 Å². The Morgan fingerprint density at radius 1 is 0.974 bits per heavy atom. The number of allylic oxidation sites excluding steroid dienone is 2. The van der Waals surface area contributed by atoms with E-state index in [-0.39, 0.29) is 6.03 Å². The quantitative estimate of drug-likeness (QED) is 0.189. The molecule has 1 aliphatic rings. The minimum atomic E-state index is -0.581. The minimum Gasteiger partial charge on any atom is -0.366 e. The van der Waals surface area contributed by atoms with Gasteiger partial charge in [-0.05, 0) is 104 Å². The van der Waals surface area contributed by atoms with Gasteiger partial charge in [-0.3, -0.25) is 9.69 Å². The number of nitrogens with one attached hydrogen (secondary N) is 2. The highest BCUT2D eigenvalue weighted by Gasteiger charge is 2.18. The lowest BCUT2D eigenvalue weighted by Gasteiger charge is -2.24. The van der Waals surface area contributed by atoms with Crippen LogP contribution in [0.25, 0.3) is 5.57 Å². The molecule has 0 bridgehead atoms. The number of urea groups is 1. The maximum Gasteiger partial charge on any atom is 0.326 e. The predicted octanol–water partition coefficient (Wildman–Crippen LogP) is 6.99. The van der Waals surface area contributed by atoms with E-state index in [1.54, 1.807) is 29.2 Å². The first kappa shape index (κ1) is 26.5. The summed E-state index contributed by atoms with van der Waals surface area (Å²) in [5.74, 6) is -0.984. The van der Waals surface area contributed by atoms with Gasteiger partial charge in [0.25, 0.3) is 5.91 Å². The van der Waals surface area contributed by atoms with Gasteiger partial charge in [0, 0.05) is 16.9 Å². The number of carbonyl (C=O) groups is 2. The van der Waals surface area contributed by atoms with E-state index >= 15 is 0 Å². The van der Waals surface area contributed by atoms with Crippen molar-refractivity contribution in [1.29, 1.82) is 5.53 Å². The van der Waals surface area contributed by atoms with E-state index in [4.69, 9.17) is 11.3 Å². The normalized spacial score (nSPS) is 13.4. The zero-order chi connectivity index (χ0) is 27.1. The number of nitrogens with two attached hydrogens (primary N) is 1. The molecule has 0 aliphatic heterocycles. The van der Waals surface area contributed by atoms with Crippen molar-refractivity contribution >= 4 is 34.8 Å². The molecular weight excluding hydrogens is 476 g/mol. The minimum absolute atomic E-state index is 0.255. The van der Waals surface area contributed by atoms with Crippen LogP contribution in [-0.2, 0) is 6.54 Å². The SMILES string of the molecule is Cc1cc(C)cc(NC(=O)N(Cc2ccc(C(=O)N=C(N)N=N)cc2)c2ccc(C3=CCCCC3)cc2)c1.